The van der Waals surface area contributed by atoms with E-state index in [0.717, 1.165) is 17.4 Å². The highest BCUT2D eigenvalue weighted by atomic mass is 32.2. The number of nitrogens with one attached hydrogen (secondary N) is 3. The van der Waals surface area contributed by atoms with Gasteiger partial charge in [0, 0.05) is 18.5 Å². The molecule has 0 radical (unpaired) electrons. The molecule has 8 heteroatoms. The van der Waals surface area contributed by atoms with Gasteiger partial charge in [-0.3, -0.25) is 10.1 Å². The van der Waals surface area contributed by atoms with Crippen molar-refractivity contribution in [2.24, 2.45) is 0 Å². The lowest BCUT2D eigenvalue weighted by molar-refractivity contribution is -0.118. The fraction of sp³-hybridized carbons (Fsp3) is 0.222. The van der Waals surface area contributed by atoms with Gasteiger partial charge in [-0.25, -0.2) is 13.2 Å². The highest BCUT2D eigenvalue weighted by Crippen LogP contribution is 2.19. The monoisotopic (exact) mass is 375 g/mol. The molecule has 138 valence electrons. The summed E-state index contributed by atoms with van der Waals surface area (Å²) in [5.74, 6) is -0.528. The number of aryl methyl sites for hydroxylation is 1. The van der Waals surface area contributed by atoms with Crippen molar-refractivity contribution in [1.29, 1.82) is 0 Å². The summed E-state index contributed by atoms with van der Waals surface area (Å²) in [5.41, 5.74) is 2.23. The van der Waals surface area contributed by atoms with Crippen molar-refractivity contribution >= 4 is 27.5 Å². The molecule has 0 aliphatic heterocycles. The molecular weight excluding hydrogens is 354 g/mol. The first-order chi connectivity index (χ1) is 12.3. The third-order valence-electron chi connectivity index (χ3n) is 3.63. The number of amides is 3. The standard InChI is InChI=1S/C18H21N3O4S/c1-13-8-9-15(26(2,24)25)10-16(13)19-12-17(22)21-18(23)20-11-14-6-4-3-5-7-14/h3-10,19H,11-12H2,1-2H3,(H2,20,21,22,23). The predicted octanol–water partition coefficient (Wildman–Crippen LogP) is 1.84. The summed E-state index contributed by atoms with van der Waals surface area (Å²) in [7, 11) is -3.34. The van der Waals surface area contributed by atoms with Gasteiger partial charge in [-0.2, -0.15) is 0 Å². The molecule has 3 amide bonds. The zero-order valence-electron chi connectivity index (χ0n) is 14.6. The summed E-state index contributed by atoms with van der Waals surface area (Å²) in [6, 6.07) is 13.3. The summed E-state index contributed by atoms with van der Waals surface area (Å²) in [6.45, 7) is 1.94. The van der Waals surface area contributed by atoms with Gasteiger partial charge in [0.25, 0.3) is 0 Å². The molecule has 0 aliphatic carbocycles. The molecule has 0 bridgehead atoms. The largest absolute Gasteiger partial charge is 0.376 e. The molecule has 2 rings (SSSR count). The second-order valence-corrected chi connectivity index (χ2v) is 7.83. The van der Waals surface area contributed by atoms with Gasteiger partial charge >= 0.3 is 6.03 Å². The van der Waals surface area contributed by atoms with Crippen LogP contribution in [-0.4, -0.2) is 33.2 Å². The number of rotatable bonds is 6. The number of imide groups is 1. The van der Waals surface area contributed by atoms with Gasteiger partial charge < -0.3 is 10.6 Å². The van der Waals surface area contributed by atoms with E-state index in [0.29, 0.717) is 12.2 Å². The number of hydrogen-bond acceptors (Lipinski definition) is 5. The van der Waals surface area contributed by atoms with Gasteiger partial charge in [-0.15, -0.1) is 0 Å². The minimum atomic E-state index is -3.34. The maximum Gasteiger partial charge on any atom is 0.321 e. The van der Waals surface area contributed by atoms with Crippen LogP contribution in [0.5, 0.6) is 0 Å². The van der Waals surface area contributed by atoms with E-state index in [1.807, 2.05) is 30.3 Å². The van der Waals surface area contributed by atoms with E-state index < -0.39 is 21.8 Å². The van der Waals surface area contributed by atoms with Crippen LogP contribution in [0.4, 0.5) is 10.5 Å². The van der Waals surface area contributed by atoms with Crippen molar-refractivity contribution in [1.82, 2.24) is 10.6 Å². The van der Waals surface area contributed by atoms with Crippen LogP contribution >= 0.6 is 0 Å². The lowest BCUT2D eigenvalue weighted by atomic mass is 10.2. The Morgan fingerprint density at radius 1 is 1.04 bits per heavy atom. The Kier molecular flexibility index (Phi) is 6.35. The zero-order valence-corrected chi connectivity index (χ0v) is 15.4. The van der Waals surface area contributed by atoms with Crippen LogP contribution in [0.2, 0.25) is 0 Å². The number of benzene rings is 2. The van der Waals surface area contributed by atoms with Crippen molar-refractivity contribution in [2.45, 2.75) is 18.4 Å². The van der Waals surface area contributed by atoms with Gasteiger partial charge in [-0.05, 0) is 30.2 Å². The van der Waals surface area contributed by atoms with Crippen LogP contribution in [0.25, 0.3) is 0 Å². The van der Waals surface area contributed by atoms with Gasteiger partial charge in [0.05, 0.1) is 11.4 Å². The van der Waals surface area contributed by atoms with Crippen LogP contribution in [0.15, 0.2) is 53.4 Å². The molecule has 0 spiro atoms. The Morgan fingerprint density at radius 3 is 2.38 bits per heavy atom. The molecule has 0 aromatic heterocycles. The quantitative estimate of drug-likeness (QED) is 0.715. The van der Waals surface area contributed by atoms with E-state index in [1.165, 1.54) is 12.1 Å². The fourth-order valence-corrected chi connectivity index (χ4v) is 2.84. The van der Waals surface area contributed by atoms with E-state index >= 15 is 0 Å². The van der Waals surface area contributed by atoms with Crippen LogP contribution in [0, 0.1) is 6.92 Å². The lowest BCUT2D eigenvalue weighted by Gasteiger charge is -2.11. The van der Waals surface area contributed by atoms with Crippen molar-refractivity contribution in [3.63, 3.8) is 0 Å². The number of anilines is 1. The summed E-state index contributed by atoms with van der Waals surface area (Å²) in [6.07, 6.45) is 1.12. The average Bonchev–Trinajstić information content (AvgIpc) is 2.59. The molecule has 26 heavy (non-hydrogen) atoms. The Balaban J connectivity index is 1.86. The summed E-state index contributed by atoms with van der Waals surface area (Å²) < 4.78 is 23.2. The molecule has 0 fully saturated rings. The molecule has 0 atom stereocenters. The third kappa shape index (κ3) is 5.89. The minimum absolute atomic E-state index is 0.159. The number of carbonyl (C=O) groups excluding carboxylic acids is 2. The molecule has 0 unspecified atom stereocenters. The Labute approximate surface area is 152 Å². The first kappa shape index (κ1) is 19.5. The SMILES string of the molecule is Cc1ccc(S(C)(=O)=O)cc1NCC(=O)NC(=O)NCc1ccccc1. The second-order valence-electron chi connectivity index (χ2n) is 5.82. The van der Waals surface area contributed by atoms with Gasteiger partial charge in [0.1, 0.15) is 0 Å². The molecule has 0 aliphatic rings. The van der Waals surface area contributed by atoms with Crippen LogP contribution in [0.1, 0.15) is 11.1 Å². The topological polar surface area (TPSA) is 104 Å². The van der Waals surface area contributed by atoms with Crippen molar-refractivity contribution < 1.29 is 18.0 Å². The van der Waals surface area contributed by atoms with E-state index in [-0.39, 0.29) is 11.4 Å². The highest BCUT2D eigenvalue weighted by Gasteiger charge is 2.11. The van der Waals surface area contributed by atoms with Crippen molar-refractivity contribution in [3.05, 3.63) is 59.7 Å². The predicted molar refractivity (Wildman–Crippen MR) is 99.6 cm³/mol. The molecule has 2 aromatic rings. The Hall–Kier alpha value is -2.87. The first-order valence-corrected chi connectivity index (χ1v) is 9.81. The maximum atomic E-state index is 11.9. The summed E-state index contributed by atoms with van der Waals surface area (Å²) in [5, 5.41) is 7.65. The molecule has 3 N–H and O–H groups in total. The van der Waals surface area contributed by atoms with Crippen LogP contribution < -0.4 is 16.0 Å². The fourth-order valence-electron chi connectivity index (χ4n) is 2.19. The average molecular weight is 375 g/mol. The van der Waals surface area contributed by atoms with Gasteiger partial charge in [0.2, 0.25) is 5.91 Å². The van der Waals surface area contributed by atoms with E-state index in [4.69, 9.17) is 0 Å². The zero-order chi connectivity index (χ0) is 19.2. The third-order valence-corrected chi connectivity index (χ3v) is 4.74. The maximum absolute atomic E-state index is 11.9. The normalized spacial score (nSPS) is 10.8. The molecule has 0 saturated heterocycles. The second kappa shape index (κ2) is 8.48. The Bertz CT molecular complexity index is 896. The highest BCUT2D eigenvalue weighted by molar-refractivity contribution is 7.90. The lowest BCUT2D eigenvalue weighted by Crippen LogP contribution is -2.41. The molecule has 2 aromatic carbocycles. The minimum Gasteiger partial charge on any atom is -0.376 e. The molecule has 0 saturated carbocycles. The molecular formula is C18H21N3O4S. The summed E-state index contributed by atoms with van der Waals surface area (Å²) >= 11 is 0. The number of urea groups is 1. The van der Waals surface area contributed by atoms with Crippen molar-refractivity contribution in [2.75, 3.05) is 18.1 Å². The van der Waals surface area contributed by atoms with Gasteiger partial charge in [0.15, 0.2) is 9.84 Å². The first-order valence-electron chi connectivity index (χ1n) is 7.92. The molecule has 0 heterocycles. The smallest absolute Gasteiger partial charge is 0.321 e. The summed E-state index contributed by atoms with van der Waals surface area (Å²) in [4.78, 5) is 23.8. The Morgan fingerprint density at radius 2 is 1.73 bits per heavy atom. The van der Waals surface area contributed by atoms with E-state index in [2.05, 4.69) is 16.0 Å². The number of sulfone groups is 1. The van der Waals surface area contributed by atoms with Crippen LogP contribution in [-0.2, 0) is 21.2 Å². The van der Waals surface area contributed by atoms with Crippen molar-refractivity contribution in [3.8, 4) is 0 Å². The van der Waals surface area contributed by atoms with E-state index in [9.17, 15) is 18.0 Å². The number of hydrogen-bond donors (Lipinski definition) is 3. The molecule has 7 nitrogen and oxygen atoms in total. The number of carbonyl (C=O) groups is 2. The van der Waals surface area contributed by atoms with Crippen LogP contribution in [0.3, 0.4) is 0 Å². The van der Waals surface area contributed by atoms with Gasteiger partial charge in [-0.1, -0.05) is 36.4 Å². The van der Waals surface area contributed by atoms with E-state index in [1.54, 1.807) is 13.0 Å².